The van der Waals surface area contributed by atoms with Crippen molar-refractivity contribution in [2.24, 2.45) is 0 Å². The summed E-state index contributed by atoms with van der Waals surface area (Å²) in [5, 5.41) is 9.34. The fourth-order valence-electron chi connectivity index (χ4n) is 1.09. The van der Waals surface area contributed by atoms with Crippen LogP contribution in [0.3, 0.4) is 0 Å². The molecule has 0 atom stereocenters. The van der Waals surface area contributed by atoms with Gasteiger partial charge in [0.2, 0.25) is 0 Å². The van der Waals surface area contributed by atoms with Gasteiger partial charge in [-0.1, -0.05) is 0 Å². The van der Waals surface area contributed by atoms with Crippen molar-refractivity contribution in [1.29, 1.82) is 0 Å². The van der Waals surface area contributed by atoms with Crippen LogP contribution in [0.5, 0.6) is 0 Å². The third-order valence-electron chi connectivity index (χ3n) is 1.58. The van der Waals surface area contributed by atoms with E-state index in [1.165, 1.54) is 0 Å². The summed E-state index contributed by atoms with van der Waals surface area (Å²) in [6, 6.07) is 1.59. The lowest BCUT2D eigenvalue weighted by Gasteiger charge is -1.90. The third-order valence-corrected chi connectivity index (χ3v) is 1.58. The Morgan fingerprint density at radius 1 is 1.45 bits per heavy atom. The number of nitrogens with zero attached hydrogens (tertiary/aromatic N) is 1. The highest BCUT2D eigenvalue weighted by Gasteiger charge is 2.10. The summed E-state index contributed by atoms with van der Waals surface area (Å²) in [7, 11) is 0. The Kier molecular flexibility index (Phi) is 2.26. The summed E-state index contributed by atoms with van der Waals surface area (Å²) in [5.41, 5.74) is 1.85. The predicted molar refractivity (Wildman–Crippen MR) is 42.6 cm³/mol. The maximum absolute atomic E-state index is 10.7. The largest absolute Gasteiger partial charge is 0.307 e. The maximum atomic E-state index is 10.7. The number of aromatic nitrogens is 2. The van der Waals surface area contributed by atoms with E-state index < -0.39 is 0 Å². The van der Waals surface area contributed by atoms with E-state index in [2.05, 4.69) is 15.5 Å². The summed E-state index contributed by atoms with van der Waals surface area (Å²) in [6.45, 7) is 1.54. The van der Waals surface area contributed by atoms with Crippen molar-refractivity contribution in [3.8, 4) is 0 Å². The molecule has 2 N–H and O–H groups in total. The lowest BCUT2D eigenvalue weighted by atomic mass is 10.2. The normalized spacial score (nSPS) is 13.8. The molecule has 60 valence electrons. The zero-order valence-electron chi connectivity index (χ0n) is 5.76. The summed E-state index contributed by atoms with van der Waals surface area (Å²) in [4.78, 5) is 10.7. The second-order valence-electron chi connectivity index (χ2n) is 2.31. The SMILES string of the molecule is Cl.O=c1cc2c(n[nH]1)CNC2. The van der Waals surface area contributed by atoms with E-state index >= 15 is 0 Å². The van der Waals surface area contributed by atoms with Gasteiger partial charge in [-0.2, -0.15) is 5.10 Å². The molecular formula is C6H8ClN3O. The van der Waals surface area contributed by atoms with Gasteiger partial charge in [0.25, 0.3) is 5.56 Å². The Morgan fingerprint density at radius 3 is 3.09 bits per heavy atom. The molecule has 0 radical (unpaired) electrons. The second kappa shape index (κ2) is 3.02. The molecule has 1 aliphatic rings. The predicted octanol–water partition coefficient (Wildman–Crippen LogP) is -0.205. The minimum atomic E-state index is -0.123. The zero-order valence-corrected chi connectivity index (χ0v) is 6.57. The van der Waals surface area contributed by atoms with Crippen molar-refractivity contribution >= 4 is 12.4 Å². The van der Waals surface area contributed by atoms with Crippen molar-refractivity contribution in [3.63, 3.8) is 0 Å². The Balaban J connectivity index is 0.000000605. The van der Waals surface area contributed by atoms with Gasteiger partial charge in [0, 0.05) is 19.2 Å². The van der Waals surface area contributed by atoms with Crippen molar-refractivity contribution < 1.29 is 0 Å². The van der Waals surface area contributed by atoms with Gasteiger partial charge in [-0.25, -0.2) is 5.10 Å². The molecule has 0 fully saturated rings. The Bertz CT molecular complexity index is 309. The quantitative estimate of drug-likeness (QED) is 0.571. The first-order valence-corrected chi connectivity index (χ1v) is 3.14. The second-order valence-corrected chi connectivity index (χ2v) is 2.31. The van der Waals surface area contributed by atoms with Crippen molar-refractivity contribution in [2.45, 2.75) is 13.1 Å². The van der Waals surface area contributed by atoms with Gasteiger partial charge in [0.15, 0.2) is 0 Å². The molecule has 5 heteroatoms. The number of H-pyrrole nitrogens is 1. The maximum Gasteiger partial charge on any atom is 0.264 e. The van der Waals surface area contributed by atoms with Crippen LogP contribution < -0.4 is 10.9 Å². The molecule has 0 saturated heterocycles. The summed E-state index contributed by atoms with van der Waals surface area (Å²) in [6.07, 6.45) is 0. The number of aromatic amines is 1. The summed E-state index contributed by atoms with van der Waals surface area (Å²) in [5.74, 6) is 0. The van der Waals surface area contributed by atoms with Crippen LogP contribution in [-0.4, -0.2) is 10.2 Å². The zero-order chi connectivity index (χ0) is 6.97. The number of hydrogen-bond acceptors (Lipinski definition) is 3. The fourth-order valence-corrected chi connectivity index (χ4v) is 1.09. The first-order valence-electron chi connectivity index (χ1n) is 3.14. The first-order chi connectivity index (χ1) is 4.86. The highest BCUT2D eigenvalue weighted by Crippen LogP contribution is 2.06. The van der Waals surface area contributed by atoms with E-state index in [1.54, 1.807) is 6.07 Å². The van der Waals surface area contributed by atoms with Crippen LogP contribution in [0.25, 0.3) is 0 Å². The van der Waals surface area contributed by atoms with Crippen molar-refractivity contribution in [1.82, 2.24) is 15.5 Å². The highest BCUT2D eigenvalue weighted by atomic mass is 35.5. The number of halogens is 1. The average molecular weight is 174 g/mol. The van der Waals surface area contributed by atoms with Gasteiger partial charge in [0.05, 0.1) is 5.69 Å². The van der Waals surface area contributed by atoms with Gasteiger partial charge in [-0.15, -0.1) is 12.4 Å². The molecule has 4 nitrogen and oxygen atoms in total. The molecule has 0 bridgehead atoms. The topological polar surface area (TPSA) is 57.8 Å². The lowest BCUT2D eigenvalue weighted by Crippen LogP contribution is -2.08. The van der Waals surface area contributed by atoms with Crippen LogP contribution in [0.1, 0.15) is 11.3 Å². The molecule has 2 rings (SSSR count). The Morgan fingerprint density at radius 2 is 2.27 bits per heavy atom. The smallest absolute Gasteiger partial charge is 0.264 e. The van der Waals surface area contributed by atoms with Gasteiger partial charge < -0.3 is 5.32 Å². The van der Waals surface area contributed by atoms with Gasteiger partial charge in [-0.05, 0) is 5.56 Å². The van der Waals surface area contributed by atoms with E-state index in [0.717, 1.165) is 24.3 Å². The van der Waals surface area contributed by atoms with Crippen LogP contribution in [-0.2, 0) is 13.1 Å². The van der Waals surface area contributed by atoms with E-state index in [9.17, 15) is 4.79 Å². The van der Waals surface area contributed by atoms with E-state index in [-0.39, 0.29) is 18.0 Å². The number of rotatable bonds is 0. The minimum absolute atomic E-state index is 0. The molecular weight excluding hydrogens is 166 g/mol. The molecule has 0 unspecified atom stereocenters. The third kappa shape index (κ3) is 1.41. The van der Waals surface area contributed by atoms with Gasteiger partial charge in [0.1, 0.15) is 0 Å². The molecule has 0 spiro atoms. The van der Waals surface area contributed by atoms with E-state index in [1.807, 2.05) is 0 Å². The first kappa shape index (κ1) is 8.23. The average Bonchev–Trinajstić information content (AvgIpc) is 2.33. The van der Waals surface area contributed by atoms with Gasteiger partial charge in [-0.3, -0.25) is 4.79 Å². The molecule has 1 aromatic rings. The van der Waals surface area contributed by atoms with Crippen molar-refractivity contribution in [3.05, 3.63) is 27.7 Å². The van der Waals surface area contributed by atoms with Crippen LogP contribution >= 0.6 is 12.4 Å². The minimum Gasteiger partial charge on any atom is -0.307 e. The molecule has 0 aromatic carbocycles. The number of nitrogens with one attached hydrogen (secondary N) is 2. The molecule has 11 heavy (non-hydrogen) atoms. The summed E-state index contributed by atoms with van der Waals surface area (Å²) < 4.78 is 0. The summed E-state index contributed by atoms with van der Waals surface area (Å²) >= 11 is 0. The molecule has 0 amide bonds. The highest BCUT2D eigenvalue weighted by molar-refractivity contribution is 5.85. The number of fused-ring (bicyclic) bond motifs is 1. The standard InChI is InChI=1S/C6H7N3O.ClH/c10-6-1-4-2-7-3-5(4)8-9-6;/h1,7H,2-3H2,(H,9,10);1H. The molecule has 1 aromatic heterocycles. The Hall–Kier alpha value is -0.870. The monoisotopic (exact) mass is 173 g/mol. The number of hydrogen-bond donors (Lipinski definition) is 2. The molecule has 2 heterocycles. The molecule has 0 aliphatic carbocycles. The van der Waals surface area contributed by atoms with Crippen LogP contribution in [0.15, 0.2) is 10.9 Å². The van der Waals surface area contributed by atoms with Gasteiger partial charge >= 0.3 is 0 Å². The lowest BCUT2D eigenvalue weighted by molar-refractivity contribution is 0.752. The van der Waals surface area contributed by atoms with E-state index in [0.29, 0.717) is 0 Å². The Labute approximate surface area is 69.4 Å². The molecule has 0 saturated carbocycles. The fraction of sp³-hybridized carbons (Fsp3) is 0.333. The van der Waals surface area contributed by atoms with Crippen LogP contribution in [0.2, 0.25) is 0 Å². The van der Waals surface area contributed by atoms with E-state index in [4.69, 9.17) is 0 Å². The molecule has 1 aliphatic heterocycles. The van der Waals surface area contributed by atoms with Crippen LogP contribution in [0, 0.1) is 0 Å². The van der Waals surface area contributed by atoms with Crippen LogP contribution in [0.4, 0.5) is 0 Å². The van der Waals surface area contributed by atoms with Crippen molar-refractivity contribution in [2.75, 3.05) is 0 Å².